The number of nitrogens with zero attached hydrogens (tertiary/aromatic N) is 1. The van der Waals surface area contributed by atoms with Crippen LogP contribution in [0.5, 0.6) is 0 Å². The Bertz CT molecular complexity index is 408. The molecule has 1 aromatic heterocycles. The molecule has 7 heteroatoms. The third kappa shape index (κ3) is 2.27. The van der Waals surface area contributed by atoms with Gasteiger partial charge in [0, 0.05) is 22.9 Å². The largest absolute Gasteiger partial charge is 0.262 e. The predicted octanol–water partition coefficient (Wildman–Crippen LogP) is 1.75. The molecule has 0 amide bonds. The van der Waals surface area contributed by atoms with Crippen molar-refractivity contribution in [1.82, 2.24) is 4.98 Å². The van der Waals surface area contributed by atoms with Crippen molar-refractivity contribution in [3.8, 4) is 0 Å². The van der Waals surface area contributed by atoms with Crippen LogP contribution in [0.2, 0.25) is 0 Å². The molecule has 1 aromatic rings. The van der Waals surface area contributed by atoms with Crippen LogP contribution in [-0.4, -0.2) is 13.4 Å². The molecule has 0 radical (unpaired) electrons. The fourth-order valence-electron chi connectivity index (χ4n) is 0.583. The smallest absolute Gasteiger partial charge is 0.227 e. The summed E-state index contributed by atoms with van der Waals surface area (Å²) in [5, 5.41) is 0. The summed E-state index contributed by atoms with van der Waals surface area (Å²) in [4.78, 5) is 3.00. The van der Waals surface area contributed by atoms with E-state index < -0.39 is 15.0 Å². The lowest BCUT2D eigenvalue weighted by Gasteiger charge is -1.97. The second kappa shape index (κ2) is 3.43. The zero-order valence-electron chi connectivity index (χ0n) is 5.46. The number of rotatable bonds is 1. The monoisotopic (exact) mass is 321 g/mol. The predicted molar refractivity (Wildman–Crippen MR) is 50.0 cm³/mol. The van der Waals surface area contributed by atoms with E-state index in [-0.39, 0.29) is 4.90 Å². The van der Waals surface area contributed by atoms with Gasteiger partial charge in [0.15, 0.2) is 0 Å². The highest BCUT2D eigenvalue weighted by Crippen LogP contribution is 2.20. The minimum Gasteiger partial charge on any atom is -0.227 e. The zero-order chi connectivity index (χ0) is 9.35. The Morgan fingerprint density at radius 2 is 2.17 bits per heavy atom. The molecule has 3 nitrogen and oxygen atoms in total. The van der Waals surface area contributed by atoms with Gasteiger partial charge in [-0.05, 0) is 22.6 Å². The van der Waals surface area contributed by atoms with Crippen LogP contribution < -0.4 is 0 Å². The summed E-state index contributed by atoms with van der Waals surface area (Å²) in [6.07, 6.45) is 1.10. The number of pyridine rings is 1. The van der Waals surface area contributed by atoms with Crippen molar-refractivity contribution >= 4 is 42.3 Å². The number of hydrogen-bond acceptors (Lipinski definition) is 3. The van der Waals surface area contributed by atoms with Crippen LogP contribution in [-0.2, 0) is 9.05 Å². The van der Waals surface area contributed by atoms with Crippen LogP contribution in [0.25, 0.3) is 0 Å². The molecule has 0 bridgehead atoms. The second-order valence-corrected chi connectivity index (χ2v) is 5.57. The maximum atomic E-state index is 12.4. The van der Waals surface area contributed by atoms with Crippen molar-refractivity contribution in [3.63, 3.8) is 0 Å². The van der Waals surface area contributed by atoms with E-state index in [4.69, 9.17) is 10.7 Å². The van der Waals surface area contributed by atoms with Crippen LogP contribution in [0.3, 0.4) is 0 Å². The molecule has 12 heavy (non-hydrogen) atoms. The SMILES string of the molecule is O=S(=O)(Cl)c1cc(F)ncc1I. The molecule has 0 fully saturated rings. The maximum absolute atomic E-state index is 12.4. The highest BCUT2D eigenvalue weighted by molar-refractivity contribution is 14.1. The van der Waals surface area contributed by atoms with E-state index in [0.717, 1.165) is 12.3 Å². The molecule has 0 saturated carbocycles. The number of aromatic nitrogens is 1. The van der Waals surface area contributed by atoms with Gasteiger partial charge >= 0.3 is 0 Å². The Balaban J connectivity index is 3.43. The first-order valence-corrected chi connectivity index (χ1v) is 6.06. The van der Waals surface area contributed by atoms with Gasteiger partial charge in [-0.2, -0.15) is 4.39 Å². The van der Waals surface area contributed by atoms with E-state index in [0.29, 0.717) is 3.57 Å². The molecule has 0 aliphatic rings. The molecular weight excluding hydrogens is 319 g/mol. The lowest BCUT2D eigenvalue weighted by Crippen LogP contribution is -1.97. The summed E-state index contributed by atoms with van der Waals surface area (Å²) < 4.78 is 34.3. The Morgan fingerprint density at radius 1 is 1.58 bits per heavy atom. The van der Waals surface area contributed by atoms with Gasteiger partial charge in [0.1, 0.15) is 4.90 Å². The fourth-order valence-corrected chi connectivity index (χ4v) is 3.04. The minimum absolute atomic E-state index is 0.253. The third-order valence-corrected chi connectivity index (χ3v) is 3.64. The highest BCUT2D eigenvalue weighted by Gasteiger charge is 2.15. The van der Waals surface area contributed by atoms with E-state index in [1.807, 2.05) is 0 Å². The molecule has 1 rings (SSSR count). The molecule has 0 N–H and O–H groups in total. The first-order chi connectivity index (χ1) is 5.41. The van der Waals surface area contributed by atoms with Crippen LogP contribution in [0.4, 0.5) is 4.39 Å². The summed E-state index contributed by atoms with van der Waals surface area (Å²) in [7, 11) is 1.14. The van der Waals surface area contributed by atoms with Crippen LogP contribution in [0.15, 0.2) is 17.2 Å². The molecule has 66 valence electrons. The van der Waals surface area contributed by atoms with Crippen molar-refractivity contribution in [2.24, 2.45) is 0 Å². The quantitative estimate of drug-likeness (QED) is 0.450. The summed E-state index contributed by atoms with van der Waals surface area (Å²) in [6.45, 7) is 0. The van der Waals surface area contributed by atoms with Gasteiger partial charge < -0.3 is 0 Å². The van der Waals surface area contributed by atoms with Crippen molar-refractivity contribution in [2.75, 3.05) is 0 Å². The van der Waals surface area contributed by atoms with Crippen molar-refractivity contribution in [2.45, 2.75) is 4.90 Å². The summed E-state index contributed by atoms with van der Waals surface area (Å²) in [5.74, 6) is -0.866. The lowest BCUT2D eigenvalue weighted by atomic mass is 10.5. The third-order valence-electron chi connectivity index (χ3n) is 1.05. The minimum atomic E-state index is -3.87. The zero-order valence-corrected chi connectivity index (χ0v) is 9.19. The van der Waals surface area contributed by atoms with E-state index >= 15 is 0 Å². The summed E-state index contributed by atoms with van der Waals surface area (Å²) in [5.41, 5.74) is 0. The normalized spacial score (nSPS) is 11.6. The lowest BCUT2D eigenvalue weighted by molar-refractivity contribution is 0.573. The molecule has 0 atom stereocenters. The average Bonchev–Trinajstić information content (AvgIpc) is 1.92. The fraction of sp³-hybridized carbons (Fsp3) is 0. The van der Waals surface area contributed by atoms with Crippen LogP contribution in [0.1, 0.15) is 0 Å². The van der Waals surface area contributed by atoms with Gasteiger partial charge in [-0.3, -0.25) is 0 Å². The molecule has 1 heterocycles. The topological polar surface area (TPSA) is 47.0 Å². The Morgan fingerprint density at radius 3 is 2.58 bits per heavy atom. The molecule has 0 aliphatic heterocycles. The maximum Gasteiger partial charge on any atom is 0.262 e. The molecule has 0 aromatic carbocycles. The van der Waals surface area contributed by atoms with Crippen molar-refractivity contribution in [3.05, 3.63) is 21.8 Å². The van der Waals surface area contributed by atoms with Crippen molar-refractivity contribution in [1.29, 1.82) is 0 Å². The Kier molecular flexibility index (Phi) is 2.89. The van der Waals surface area contributed by atoms with Gasteiger partial charge in [0.05, 0.1) is 3.57 Å². The van der Waals surface area contributed by atoms with E-state index in [9.17, 15) is 12.8 Å². The highest BCUT2D eigenvalue weighted by atomic mass is 127. The standard InChI is InChI=1S/C5H2ClFINO2S/c6-12(10,11)4-1-5(7)9-2-3(4)8/h1-2H. The summed E-state index contributed by atoms with van der Waals surface area (Å²) >= 11 is 1.71. The van der Waals surface area contributed by atoms with E-state index in [2.05, 4.69) is 4.98 Å². The molecular formula is C5H2ClFINO2S. The Labute approximate surface area is 86.5 Å². The molecule has 0 spiro atoms. The summed E-state index contributed by atoms with van der Waals surface area (Å²) in [6, 6.07) is 0.782. The first-order valence-electron chi connectivity index (χ1n) is 2.67. The molecule has 0 saturated heterocycles. The average molecular weight is 321 g/mol. The van der Waals surface area contributed by atoms with E-state index in [1.165, 1.54) is 0 Å². The Hall–Kier alpha value is 0.0500. The van der Waals surface area contributed by atoms with Crippen LogP contribution in [0, 0.1) is 9.52 Å². The number of halogens is 3. The van der Waals surface area contributed by atoms with Gasteiger partial charge in [0.2, 0.25) is 5.95 Å². The van der Waals surface area contributed by atoms with Crippen molar-refractivity contribution < 1.29 is 12.8 Å². The van der Waals surface area contributed by atoms with Gasteiger partial charge in [-0.1, -0.05) is 0 Å². The van der Waals surface area contributed by atoms with Gasteiger partial charge in [-0.25, -0.2) is 13.4 Å². The first kappa shape index (κ1) is 10.1. The van der Waals surface area contributed by atoms with Crippen LogP contribution >= 0.6 is 33.3 Å². The molecule has 0 aliphatic carbocycles. The van der Waals surface area contributed by atoms with E-state index in [1.54, 1.807) is 22.6 Å². The second-order valence-electron chi connectivity index (χ2n) is 1.88. The van der Waals surface area contributed by atoms with Gasteiger partial charge in [0.25, 0.3) is 9.05 Å². The number of hydrogen-bond donors (Lipinski definition) is 0. The van der Waals surface area contributed by atoms with Gasteiger partial charge in [-0.15, -0.1) is 0 Å². The molecule has 0 unspecified atom stereocenters.